The number of hydrogen-bond donors (Lipinski definition) is 1. The fourth-order valence-corrected chi connectivity index (χ4v) is 3.20. The van der Waals surface area contributed by atoms with Crippen molar-refractivity contribution in [3.8, 4) is 0 Å². The lowest BCUT2D eigenvalue weighted by atomic mass is 9.94. The first-order valence-corrected chi connectivity index (χ1v) is 8.09. The molecule has 0 bridgehead atoms. The van der Waals surface area contributed by atoms with Gasteiger partial charge >= 0.3 is 0 Å². The van der Waals surface area contributed by atoms with Crippen LogP contribution in [0.15, 0.2) is 30.7 Å². The molecule has 0 spiro atoms. The molecule has 0 unspecified atom stereocenters. The Morgan fingerprint density at radius 1 is 1.36 bits per heavy atom. The van der Waals surface area contributed by atoms with Gasteiger partial charge in [-0.1, -0.05) is 11.6 Å². The van der Waals surface area contributed by atoms with Gasteiger partial charge in [-0.2, -0.15) is 5.10 Å². The summed E-state index contributed by atoms with van der Waals surface area (Å²) in [5.74, 6) is 0.448. The molecule has 6 heteroatoms. The van der Waals surface area contributed by atoms with Gasteiger partial charge in [0.1, 0.15) is 0 Å². The number of halogens is 1. The third-order valence-electron chi connectivity index (χ3n) is 4.15. The summed E-state index contributed by atoms with van der Waals surface area (Å²) in [6.45, 7) is 3.58. The summed E-state index contributed by atoms with van der Waals surface area (Å²) in [5.41, 5.74) is 2.20. The molecule has 0 amide bonds. The molecule has 1 atom stereocenters. The van der Waals surface area contributed by atoms with Crippen LogP contribution in [0.1, 0.15) is 30.0 Å². The second-order valence-corrected chi connectivity index (χ2v) is 6.18. The van der Waals surface area contributed by atoms with Gasteiger partial charge in [-0.05, 0) is 31.5 Å². The number of pyridine rings is 1. The van der Waals surface area contributed by atoms with Crippen LogP contribution in [0.4, 0.5) is 0 Å². The summed E-state index contributed by atoms with van der Waals surface area (Å²) in [7, 11) is 0. The molecule has 1 N–H and O–H groups in total. The lowest BCUT2D eigenvalue weighted by molar-refractivity contribution is 0.197. The third-order valence-corrected chi connectivity index (χ3v) is 4.52. The number of piperidine rings is 1. The van der Waals surface area contributed by atoms with Crippen LogP contribution in [0.25, 0.3) is 0 Å². The molecule has 0 aliphatic carbocycles. The Hall–Kier alpha value is -1.43. The minimum Gasteiger partial charge on any atom is -0.394 e. The Morgan fingerprint density at radius 2 is 2.27 bits per heavy atom. The highest BCUT2D eigenvalue weighted by Gasteiger charge is 2.23. The maximum Gasteiger partial charge on any atom is 0.0668 e. The average Bonchev–Trinajstić information content (AvgIpc) is 2.99. The van der Waals surface area contributed by atoms with Gasteiger partial charge in [-0.25, -0.2) is 0 Å². The van der Waals surface area contributed by atoms with E-state index in [4.69, 9.17) is 16.7 Å². The van der Waals surface area contributed by atoms with E-state index in [9.17, 15) is 0 Å². The van der Waals surface area contributed by atoms with Crippen LogP contribution in [0.2, 0.25) is 5.02 Å². The van der Waals surface area contributed by atoms with Crippen LogP contribution >= 0.6 is 11.6 Å². The maximum atomic E-state index is 8.98. The molecule has 1 aliphatic heterocycles. The molecule has 0 aromatic carbocycles. The fourth-order valence-electron chi connectivity index (χ4n) is 3.03. The van der Waals surface area contributed by atoms with E-state index in [1.165, 1.54) is 0 Å². The van der Waals surface area contributed by atoms with Crippen molar-refractivity contribution in [2.24, 2.45) is 0 Å². The van der Waals surface area contributed by atoms with E-state index >= 15 is 0 Å². The van der Waals surface area contributed by atoms with Crippen molar-refractivity contribution in [3.05, 3.63) is 47.0 Å². The fraction of sp³-hybridized carbons (Fsp3) is 0.500. The molecule has 3 heterocycles. The van der Waals surface area contributed by atoms with Gasteiger partial charge in [0.2, 0.25) is 0 Å². The number of nitrogens with zero attached hydrogens (tertiary/aromatic N) is 4. The van der Waals surface area contributed by atoms with E-state index in [0.29, 0.717) is 12.5 Å². The molecule has 3 rings (SSSR count). The number of likely N-dealkylation sites (tertiary alicyclic amines) is 1. The molecule has 0 saturated carbocycles. The molecule has 1 aliphatic rings. The zero-order chi connectivity index (χ0) is 15.4. The van der Waals surface area contributed by atoms with E-state index in [-0.39, 0.29) is 6.61 Å². The zero-order valence-corrected chi connectivity index (χ0v) is 13.3. The van der Waals surface area contributed by atoms with Crippen molar-refractivity contribution in [1.82, 2.24) is 19.7 Å². The van der Waals surface area contributed by atoms with Gasteiger partial charge in [0.25, 0.3) is 0 Å². The molecule has 118 valence electrons. The number of rotatable bonds is 5. The summed E-state index contributed by atoms with van der Waals surface area (Å²) in [4.78, 5) is 6.58. The lowest BCUT2D eigenvalue weighted by Gasteiger charge is -2.32. The highest BCUT2D eigenvalue weighted by atomic mass is 35.5. The molecular formula is C16H21ClN4O. The Morgan fingerprint density at radius 3 is 3.09 bits per heavy atom. The first-order valence-electron chi connectivity index (χ1n) is 7.71. The van der Waals surface area contributed by atoms with Crippen molar-refractivity contribution in [2.75, 3.05) is 19.7 Å². The first kappa shape index (κ1) is 15.5. The molecule has 0 radical (unpaired) electrons. The predicted octanol–water partition coefficient (Wildman–Crippen LogP) is 2.30. The van der Waals surface area contributed by atoms with Crippen LogP contribution in [-0.2, 0) is 13.1 Å². The standard InChI is InChI=1S/C16H21ClN4O/c17-15-3-5-18-10-14(15)12-20-6-1-2-13(11-20)16-4-7-21(19-16)8-9-22/h3-5,7,10,13,22H,1-2,6,8-9,11-12H2/t13-/m0/s1. The third kappa shape index (κ3) is 3.66. The Balaban J connectivity index is 1.65. The van der Waals surface area contributed by atoms with Crippen LogP contribution in [-0.4, -0.2) is 44.5 Å². The Labute approximate surface area is 135 Å². The summed E-state index contributed by atoms with van der Waals surface area (Å²) < 4.78 is 1.81. The molecular weight excluding hydrogens is 300 g/mol. The second kappa shape index (κ2) is 7.22. The van der Waals surface area contributed by atoms with Crippen LogP contribution < -0.4 is 0 Å². The summed E-state index contributed by atoms with van der Waals surface area (Å²) in [6, 6.07) is 3.91. The van der Waals surface area contributed by atoms with E-state index in [1.807, 2.05) is 23.1 Å². The SMILES string of the molecule is OCCn1ccc([C@H]2CCCN(Cc3cnccc3Cl)C2)n1. The largest absolute Gasteiger partial charge is 0.394 e. The molecule has 1 fully saturated rings. The number of aliphatic hydroxyl groups is 1. The first-order chi connectivity index (χ1) is 10.8. The van der Waals surface area contributed by atoms with Crippen molar-refractivity contribution in [1.29, 1.82) is 0 Å². The molecule has 5 nitrogen and oxygen atoms in total. The number of aromatic nitrogens is 3. The quantitative estimate of drug-likeness (QED) is 0.918. The van der Waals surface area contributed by atoms with Crippen molar-refractivity contribution in [2.45, 2.75) is 31.8 Å². The topological polar surface area (TPSA) is 54.2 Å². The minimum atomic E-state index is 0.122. The molecule has 2 aromatic rings. The second-order valence-electron chi connectivity index (χ2n) is 5.77. The maximum absolute atomic E-state index is 8.98. The molecule has 1 saturated heterocycles. The van der Waals surface area contributed by atoms with E-state index < -0.39 is 0 Å². The van der Waals surface area contributed by atoms with Crippen LogP contribution in [0, 0.1) is 0 Å². The number of aliphatic hydroxyl groups excluding tert-OH is 1. The van der Waals surface area contributed by atoms with Gasteiger partial charge in [-0.3, -0.25) is 14.6 Å². The van der Waals surface area contributed by atoms with Crippen molar-refractivity contribution < 1.29 is 5.11 Å². The van der Waals surface area contributed by atoms with E-state index in [2.05, 4.69) is 21.0 Å². The molecule has 2 aromatic heterocycles. The summed E-state index contributed by atoms with van der Waals surface area (Å²) >= 11 is 6.23. The Bertz CT molecular complexity index is 616. The summed E-state index contributed by atoms with van der Waals surface area (Å²) in [6.07, 6.45) is 7.84. The van der Waals surface area contributed by atoms with Gasteiger partial charge in [0.05, 0.1) is 18.8 Å². The van der Waals surface area contributed by atoms with Crippen molar-refractivity contribution in [3.63, 3.8) is 0 Å². The average molecular weight is 321 g/mol. The normalized spacial score (nSPS) is 19.5. The smallest absolute Gasteiger partial charge is 0.0668 e. The van der Waals surface area contributed by atoms with Gasteiger partial charge in [0.15, 0.2) is 0 Å². The van der Waals surface area contributed by atoms with Crippen LogP contribution in [0.5, 0.6) is 0 Å². The monoisotopic (exact) mass is 320 g/mol. The highest BCUT2D eigenvalue weighted by Crippen LogP contribution is 2.27. The van der Waals surface area contributed by atoms with E-state index in [0.717, 1.165) is 48.8 Å². The van der Waals surface area contributed by atoms with Gasteiger partial charge < -0.3 is 5.11 Å². The number of hydrogen-bond acceptors (Lipinski definition) is 4. The van der Waals surface area contributed by atoms with Crippen molar-refractivity contribution >= 4 is 11.6 Å². The lowest BCUT2D eigenvalue weighted by Crippen LogP contribution is -2.34. The molecule has 22 heavy (non-hydrogen) atoms. The predicted molar refractivity (Wildman–Crippen MR) is 85.8 cm³/mol. The van der Waals surface area contributed by atoms with E-state index in [1.54, 1.807) is 6.20 Å². The Kier molecular flexibility index (Phi) is 5.08. The zero-order valence-electron chi connectivity index (χ0n) is 12.5. The van der Waals surface area contributed by atoms with Gasteiger partial charge in [0, 0.05) is 48.2 Å². The van der Waals surface area contributed by atoms with Crippen LogP contribution in [0.3, 0.4) is 0 Å². The highest BCUT2D eigenvalue weighted by molar-refractivity contribution is 6.31. The summed E-state index contributed by atoms with van der Waals surface area (Å²) in [5, 5.41) is 14.3. The minimum absolute atomic E-state index is 0.122. The van der Waals surface area contributed by atoms with Gasteiger partial charge in [-0.15, -0.1) is 0 Å².